The van der Waals surface area contributed by atoms with E-state index in [1.807, 2.05) is 6.92 Å². The Morgan fingerprint density at radius 1 is 1.38 bits per heavy atom. The minimum Gasteiger partial charge on any atom is -0.477 e. The zero-order valence-electron chi connectivity index (χ0n) is 20.7. The maximum atomic E-state index is 13.0. The first-order valence-corrected chi connectivity index (χ1v) is 14.0. The van der Waals surface area contributed by atoms with Crippen molar-refractivity contribution in [2.24, 2.45) is 5.16 Å². The number of nitrogens with two attached hydrogens (primary N) is 1. The molecule has 0 aliphatic carbocycles. The van der Waals surface area contributed by atoms with E-state index in [0.717, 1.165) is 16.4 Å². The number of fused-ring (bicyclic) bond motifs is 1. The predicted octanol–water partition coefficient (Wildman–Crippen LogP) is -1.31. The first-order valence-electron chi connectivity index (χ1n) is 11.2. The molecule has 3 atom stereocenters. The van der Waals surface area contributed by atoms with Gasteiger partial charge in [-0.3, -0.25) is 19.3 Å². The van der Waals surface area contributed by atoms with Crippen LogP contribution in [0.25, 0.3) is 0 Å². The number of hydrogen-bond donors (Lipinski definition) is 4. The summed E-state index contributed by atoms with van der Waals surface area (Å²) >= 11 is 3.39. The lowest BCUT2D eigenvalue weighted by Crippen LogP contribution is -2.71. The van der Waals surface area contributed by atoms with Crippen LogP contribution in [-0.4, -0.2) is 106 Å². The van der Waals surface area contributed by atoms with Gasteiger partial charge in [-0.05, 0) is 22.9 Å². The molecule has 17 nitrogen and oxygen atoms in total. The fourth-order valence-corrected chi connectivity index (χ4v) is 6.59. The molecule has 2 unspecified atom stereocenters. The molecule has 2 aromatic rings. The molecule has 208 valence electrons. The Labute approximate surface area is 233 Å². The molecule has 0 aromatic carbocycles. The summed E-state index contributed by atoms with van der Waals surface area (Å²) in [6.07, 6.45) is 0. The zero-order chi connectivity index (χ0) is 28.3. The molecule has 0 radical (unpaired) electrons. The molecule has 2 aromatic heterocycles. The fourth-order valence-electron chi connectivity index (χ4n) is 3.70. The van der Waals surface area contributed by atoms with Gasteiger partial charge in [0, 0.05) is 36.5 Å². The number of amides is 3. The molecule has 2 aliphatic rings. The number of nitrogens with one attached hydrogen (secondary N) is 2. The van der Waals surface area contributed by atoms with E-state index in [0.29, 0.717) is 23.0 Å². The minimum absolute atomic E-state index is 0.0593. The van der Waals surface area contributed by atoms with Gasteiger partial charge in [0.25, 0.3) is 11.8 Å². The van der Waals surface area contributed by atoms with Crippen LogP contribution in [0.3, 0.4) is 0 Å². The Kier molecular flexibility index (Phi) is 8.65. The van der Waals surface area contributed by atoms with Crippen molar-refractivity contribution in [3.8, 4) is 0 Å². The van der Waals surface area contributed by atoms with E-state index >= 15 is 0 Å². The smallest absolute Gasteiger partial charge is 0.352 e. The summed E-state index contributed by atoms with van der Waals surface area (Å²) in [5.41, 5.74) is 5.67. The third kappa shape index (κ3) is 5.96. The Balaban J connectivity index is 1.46. The maximum absolute atomic E-state index is 13.0. The molecule has 2 aliphatic heterocycles. The van der Waals surface area contributed by atoms with Gasteiger partial charge in [0.05, 0.1) is 6.04 Å². The van der Waals surface area contributed by atoms with Crippen LogP contribution in [0.2, 0.25) is 0 Å². The summed E-state index contributed by atoms with van der Waals surface area (Å²) in [4.78, 5) is 59.1. The van der Waals surface area contributed by atoms with Crippen LogP contribution < -0.4 is 16.4 Å². The standard InChI is InChI=1S/C19H23N11O6S3/c1-7(4-21-8(2)31)30-19(24-27-28-30)38-6-9-5-37-16-11(15(33)29(16)12(9)17(34)35)22-14(32)10(25-36-3)13-23-18(20)39-26-13/h7,11,16H,4-6H2,1-3H3,(H,21,31)(H,22,32)(H,34,35)(H2,20,23,26)/b25-10+/t7?,11?,16-/m1/s1. The number of carbonyl (C=O) groups is 4. The Morgan fingerprint density at radius 2 is 2.15 bits per heavy atom. The number of anilines is 1. The first kappa shape index (κ1) is 28.2. The van der Waals surface area contributed by atoms with Crippen LogP contribution in [0.15, 0.2) is 21.6 Å². The molecule has 4 rings (SSSR count). The summed E-state index contributed by atoms with van der Waals surface area (Å²) in [5, 5.41) is 30.4. The van der Waals surface area contributed by atoms with Crippen LogP contribution in [0.1, 0.15) is 25.7 Å². The van der Waals surface area contributed by atoms with Crippen LogP contribution >= 0.6 is 35.1 Å². The summed E-state index contributed by atoms with van der Waals surface area (Å²) in [6.45, 7) is 3.55. The SMILES string of the molecule is CO/N=C(/C(=O)NC1C(=O)N2C(C(=O)O)=C(CSc3nnnn3C(C)CNC(C)=O)CS[C@H]12)c1nsc(N)n1. The number of carbonyl (C=O) groups excluding carboxylic acids is 3. The van der Waals surface area contributed by atoms with Gasteiger partial charge < -0.3 is 26.3 Å². The number of tetrazole rings is 1. The number of aliphatic carboxylic acids is 1. The molecular weight excluding hydrogens is 574 g/mol. The van der Waals surface area contributed by atoms with Crippen LogP contribution in [-0.2, 0) is 24.0 Å². The Morgan fingerprint density at radius 3 is 2.79 bits per heavy atom. The third-order valence-electron chi connectivity index (χ3n) is 5.49. The number of β-lactam (4-membered cyclic amide) rings is 1. The van der Waals surface area contributed by atoms with E-state index < -0.39 is 29.2 Å². The molecule has 1 fully saturated rings. The normalized spacial score (nSPS) is 19.7. The number of oxime groups is 1. The average molecular weight is 598 g/mol. The number of rotatable bonds is 11. The zero-order valence-corrected chi connectivity index (χ0v) is 23.2. The molecule has 0 bridgehead atoms. The van der Waals surface area contributed by atoms with Gasteiger partial charge in [-0.25, -0.2) is 9.48 Å². The van der Waals surface area contributed by atoms with Gasteiger partial charge in [0.15, 0.2) is 5.13 Å². The van der Waals surface area contributed by atoms with Gasteiger partial charge in [0.1, 0.15) is 24.2 Å². The molecule has 4 heterocycles. The van der Waals surface area contributed by atoms with Gasteiger partial charge in [-0.15, -0.1) is 16.9 Å². The molecule has 0 spiro atoms. The van der Waals surface area contributed by atoms with E-state index in [4.69, 9.17) is 10.6 Å². The van der Waals surface area contributed by atoms with Crippen molar-refractivity contribution in [2.45, 2.75) is 36.5 Å². The molecule has 1 saturated heterocycles. The van der Waals surface area contributed by atoms with Gasteiger partial charge >= 0.3 is 5.97 Å². The molecule has 20 heteroatoms. The highest BCUT2D eigenvalue weighted by Gasteiger charge is 2.54. The van der Waals surface area contributed by atoms with Crippen molar-refractivity contribution in [1.82, 2.24) is 45.1 Å². The summed E-state index contributed by atoms with van der Waals surface area (Å²) in [7, 11) is 1.24. The van der Waals surface area contributed by atoms with Gasteiger partial charge in [0.2, 0.25) is 22.6 Å². The molecule has 5 N–H and O–H groups in total. The summed E-state index contributed by atoms with van der Waals surface area (Å²) in [6, 6.07) is -1.24. The van der Waals surface area contributed by atoms with Crippen molar-refractivity contribution in [3.05, 3.63) is 17.1 Å². The van der Waals surface area contributed by atoms with E-state index in [-0.39, 0.29) is 40.1 Å². The van der Waals surface area contributed by atoms with Gasteiger partial charge in [-0.2, -0.15) is 9.36 Å². The largest absolute Gasteiger partial charge is 0.477 e. The molecule has 0 saturated carbocycles. The van der Waals surface area contributed by atoms with E-state index in [1.54, 1.807) is 0 Å². The van der Waals surface area contributed by atoms with Crippen molar-refractivity contribution in [1.29, 1.82) is 0 Å². The topological polar surface area (TPSA) is 233 Å². The lowest BCUT2D eigenvalue weighted by atomic mass is 10.0. The highest BCUT2D eigenvalue weighted by atomic mass is 32.2. The predicted molar refractivity (Wildman–Crippen MR) is 139 cm³/mol. The van der Waals surface area contributed by atoms with Crippen LogP contribution in [0.5, 0.6) is 0 Å². The van der Waals surface area contributed by atoms with Crippen molar-refractivity contribution in [3.63, 3.8) is 0 Å². The average Bonchev–Trinajstić information content (AvgIpc) is 3.55. The second kappa shape index (κ2) is 11.9. The van der Waals surface area contributed by atoms with Crippen molar-refractivity contribution >= 4 is 69.6 Å². The number of carboxylic acid groups (broad SMARTS) is 1. The van der Waals surface area contributed by atoms with Crippen molar-refractivity contribution < 1.29 is 29.1 Å². The summed E-state index contributed by atoms with van der Waals surface area (Å²) in [5.74, 6) is -2.37. The number of hydrogen-bond acceptors (Lipinski definition) is 15. The first-order chi connectivity index (χ1) is 18.6. The summed E-state index contributed by atoms with van der Waals surface area (Å²) < 4.78 is 5.47. The molecule has 3 amide bonds. The fraction of sp³-hybridized carbons (Fsp3) is 0.474. The van der Waals surface area contributed by atoms with E-state index in [9.17, 15) is 24.3 Å². The minimum atomic E-state index is -1.27. The highest BCUT2D eigenvalue weighted by Crippen LogP contribution is 2.41. The second-order valence-electron chi connectivity index (χ2n) is 8.18. The Bertz CT molecular complexity index is 1360. The highest BCUT2D eigenvalue weighted by molar-refractivity contribution is 8.01. The van der Waals surface area contributed by atoms with E-state index in [2.05, 4.69) is 40.7 Å². The van der Waals surface area contributed by atoms with Crippen LogP contribution in [0, 0.1) is 0 Å². The molecular formula is C19H23N11O6S3. The number of thioether (sulfide) groups is 2. The lowest BCUT2D eigenvalue weighted by molar-refractivity contribution is -0.150. The quantitative estimate of drug-likeness (QED) is 0.102. The monoisotopic (exact) mass is 597 g/mol. The van der Waals surface area contributed by atoms with E-state index in [1.165, 1.54) is 42.2 Å². The lowest BCUT2D eigenvalue weighted by Gasteiger charge is -2.49. The van der Waals surface area contributed by atoms with Crippen LogP contribution in [0.4, 0.5) is 5.13 Å². The van der Waals surface area contributed by atoms with Crippen molar-refractivity contribution in [2.75, 3.05) is 30.9 Å². The third-order valence-corrected chi connectivity index (χ3v) is 8.39. The Hall–Kier alpha value is -3.78. The van der Waals surface area contributed by atoms with Gasteiger partial charge in [-0.1, -0.05) is 16.9 Å². The molecule has 39 heavy (non-hydrogen) atoms. The number of nitrogen functional groups attached to an aromatic ring is 1. The maximum Gasteiger partial charge on any atom is 0.352 e. The number of carboxylic acids is 1. The number of nitrogens with zero attached hydrogens (tertiary/aromatic N) is 8. The number of aromatic nitrogens is 6. The second-order valence-corrected chi connectivity index (χ2v) is 11.0.